The molecule has 1 fully saturated rings. The van der Waals surface area contributed by atoms with Crippen LogP contribution in [0.3, 0.4) is 0 Å². The SMILES string of the molecule is CCC(CO)N(CCC1CCOC1=O)c1ccccc1. The number of nitrogens with zero attached hydrogens (tertiary/aromatic N) is 1. The number of anilines is 1. The average Bonchev–Trinajstić information content (AvgIpc) is 2.90. The molecular weight excluding hydrogens is 254 g/mol. The first-order valence-corrected chi connectivity index (χ1v) is 7.35. The van der Waals surface area contributed by atoms with Crippen molar-refractivity contribution in [1.82, 2.24) is 0 Å². The van der Waals surface area contributed by atoms with Gasteiger partial charge in [-0.2, -0.15) is 0 Å². The molecule has 0 aromatic heterocycles. The van der Waals surface area contributed by atoms with Gasteiger partial charge in [0.15, 0.2) is 0 Å². The molecular formula is C16H23NO3. The molecule has 0 aliphatic carbocycles. The van der Waals surface area contributed by atoms with E-state index >= 15 is 0 Å². The second-order valence-electron chi connectivity index (χ2n) is 5.22. The Balaban J connectivity index is 2.04. The fourth-order valence-electron chi connectivity index (χ4n) is 2.68. The van der Waals surface area contributed by atoms with Gasteiger partial charge in [0, 0.05) is 12.2 Å². The van der Waals surface area contributed by atoms with Gasteiger partial charge in [0.2, 0.25) is 0 Å². The first kappa shape index (κ1) is 14.9. The van der Waals surface area contributed by atoms with E-state index < -0.39 is 0 Å². The van der Waals surface area contributed by atoms with Gasteiger partial charge in [-0.1, -0.05) is 25.1 Å². The second kappa shape index (κ2) is 7.29. The third kappa shape index (κ3) is 3.51. The molecule has 110 valence electrons. The van der Waals surface area contributed by atoms with Crippen LogP contribution < -0.4 is 4.90 Å². The highest BCUT2D eigenvalue weighted by Crippen LogP contribution is 2.23. The van der Waals surface area contributed by atoms with E-state index in [1.54, 1.807) is 0 Å². The summed E-state index contributed by atoms with van der Waals surface area (Å²) in [5.41, 5.74) is 1.10. The fraction of sp³-hybridized carbons (Fsp3) is 0.562. The maximum absolute atomic E-state index is 11.5. The number of rotatable bonds is 7. The van der Waals surface area contributed by atoms with E-state index in [4.69, 9.17) is 4.74 Å². The third-order valence-electron chi connectivity index (χ3n) is 3.97. The number of carbonyl (C=O) groups is 1. The predicted octanol–water partition coefficient (Wildman–Crippen LogP) is 2.22. The van der Waals surface area contributed by atoms with Gasteiger partial charge < -0.3 is 14.7 Å². The Hall–Kier alpha value is -1.55. The average molecular weight is 277 g/mol. The molecule has 4 nitrogen and oxygen atoms in total. The predicted molar refractivity (Wildman–Crippen MR) is 78.6 cm³/mol. The molecule has 1 N–H and O–H groups in total. The Morgan fingerprint density at radius 2 is 2.15 bits per heavy atom. The number of aliphatic hydroxyl groups excluding tert-OH is 1. The minimum Gasteiger partial charge on any atom is -0.465 e. The van der Waals surface area contributed by atoms with Crippen molar-refractivity contribution in [2.45, 2.75) is 32.2 Å². The molecule has 2 unspecified atom stereocenters. The number of ether oxygens (including phenoxy) is 1. The van der Waals surface area contributed by atoms with Crippen LogP contribution in [0, 0.1) is 5.92 Å². The van der Waals surface area contributed by atoms with Gasteiger partial charge in [-0.05, 0) is 31.4 Å². The van der Waals surface area contributed by atoms with Crippen molar-refractivity contribution in [3.8, 4) is 0 Å². The van der Waals surface area contributed by atoms with Gasteiger partial charge in [0.25, 0.3) is 0 Å². The lowest BCUT2D eigenvalue weighted by Crippen LogP contribution is -2.39. The van der Waals surface area contributed by atoms with E-state index in [0.29, 0.717) is 6.61 Å². The minimum atomic E-state index is -0.0740. The molecule has 1 saturated heterocycles. The molecule has 0 amide bonds. The van der Waals surface area contributed by atoms with Crippen LogP contribution in [0.4, 0.5) is 5.69 Å². The summed E-state index contributed by atoms with van der Waals surface area (Å²) >= 11 is 0. The summed E-state index contributed by atoms with van der Waals surface area (Å²) in [5, 5.41) is 9.57. The van der Waals surface area contributed by atoms with E-state index in [1.807, 2.05) is 30.3 Å². The molecule has 1 aliphatic heterocycles. The molecule has 1 aliphatic rings. The lowest BCUT2D eigenvalue weighted by atomic mass is 10.0. The fourth-order valence-corrected chi connectivity index (χ4v) is 2.68. The number of carbonyl (C=O) groups excluding carboxylic acids is 1. The normalized spacial score (nSPS) is 19.7. The van der Waals surface area contributed by atoms with Crippen LogP contribution in [-0.4, -0.2) is 36.9 Å². The highest BCUT2D eigenvalue weighted by atomic mass is 16.5. The van der Waals surface area contributed by atoms with Crippen LogP contribution in [0.5, 0.6) is 0 Å². The van der Waals surface area contributed by atoms with Crippen molar-refractivity contribution in [2.24, 2.45) is 5.92 Å². The van der Waals surface area contributed by atoms with E-state index in [2.05, 4.69) is 11.8 Å². The van der Waals surface area contributed by atoms with Crippen LogP contribution in [0.1, 0.15) is 26.2 Å². The molecule has 20 heavy (non-hydrogen) atoms. The van der Waals surface area contributed by atoms with Gasteiger partial charge in [-0.25, -0.2) is 0 Å². The first-order valence-electron chi connectivity index (χ1n) is 7.35. The zero-order valence-corrected chi connectivity index (χ0v) is 12.0. The number of hydrogen-bond donors (Lipinski definition) is 1. The van der Waals surface area contributed by atoms with Crippen LogP contribution >= 0.6 is 0 Å². The minimum absolute atomic E-state index is 0.0115. The summed E-state index contributed by atoms with van der Waals surface area (Å²) < 4.78 is 5.01. The van der Waals surface area contributed by atoms with Crippen molar-refractivity contribution in [3.05, 3.63) is 30.3 Å². The van der Waals surface area contributed by atoms with Crippen molar-refractivity contribution in [2.75, 3.05) is 24.7 Å². The van der Waals surface area contributed by atoms with Gasteiger partial charge >= 0.3 is 5.97 Å². The highest BCUT2D eigenvalue weighted by Gasteiger charge is 2.27. The van der Waals surface area contributed by atoms with Crippen LogP contribution in [-0.2, 0) is 9.53 Å². The summed E-state index contributed by atoms with van der Waals surface area (Å²) in [4.78, 5) is 13.7. The molecule has 0 radical (unpaired) electrons. The second-order valence-corrected chi connectivity index (χ2v) is 5.22. The lowest BCUT2D eigenvalue weighted by molar-refractivity contribution is -0.141. The Morgan fingerprint density at radius 1 is 1.40 bits per heavy atom. The molecule has 0 bridgehead atoms. The van der Waals surface area contributed by atoms with E-state index in [0.717, 1.165) is 31.5 Å². The summed E-state index contributed by atoms with van der Waals surface area (Å²) in [6, 6.07) is 10.2. The van der Waals surface area contributed by atoms with Crippen molar-refractivity contribution < 1.29 is 14.6 Å². The number of aliphatic hydroxyl groups is 1. The number of benzene rings is 1. The topological polar surface area (TPSA) is 49.8 Å². The van der Waals surface area contributed by atoms with Gasteiger partial charge in [-0.3, -0.25) is 4.79 Å². The molecule has 2 rings (SSSR count). The Morgan fingerprint density at radius 3 is 2.70 bits per heavy atom. The maximum Gasteiger partial charge on any atom is 0.309 e. The zero-order chi connectivity index (χ0) is 14.4. The van der Waals surface area contributed by atoms with E-state index in [-0.39, 0.29) is 24.5 Å². The van der Waals surface area contributed by atoms with E-state index in [9.17, 15) is 9.90 Å². The van der Waals surface area contributed by atoms with Gasteiger partial charge in [0.1, 0.15) is 0 Å². The molecule has 1 aromatic carbocycles. The lowest BCUT2D eigenvalue weighted by Gasteiger charge is -2.32. The Labute approximate surface area is 120 Å². The molecule has 4 heteroatoms. The summed E-state index contributed by atoms with van der Waals surface area (Å²) in [5.74, 6) is -0.0625. The third-order valence-corrected chi connectivity index (χ3v) is 3.97. The van der Waals surface area contributed by atoms with E-state index in [1.165, 1.54) is 0 Å². The largest absolute Gasteiger partial charge is 0.465 e. The van der Waals surface area contributed by atoms with Gasteiger partial charge in [0.05, 0.1) is 25.2 Å². The Bertz CT molecular complexity index is 417. The smallest absolute Gasteiger partial charge is 0.309 e. The van der Waals surface area contributed by atoms with Crippen LogP contribution in [0.25, 0.3) is 0 Å². The number of para-hydroxylation sites is 1. The Kier molecular flexibility index (Phi) is 5.41. The van der Waals surface area contributed by atoms with Crippen LogP contribution in [0.2, 0.25) is 0 Å². The summed E-state index contributed by atoms with van der Waals surface area (Å²) in [6.07, 6.45) is 2.47. The standard InChI is InChI=1S/C16H23NO3/c1-2-14(12-18)17(15-6-4-3-5-7-15)10-8-13-9-11-20-16(13)19/h3-7,13-14,18H,2,8-12H2,1H3. The van der Waals surface area contributed by atoms with Crippen LogP contribution in [0.15, 0.2) is 30.3 Å². The highest BCUT2D eigenvalue weighted by molar-refractivity contribution is 5.74. The summed E-state index contributed by atoms with van der Waals surface area (Å²) in [7, 11) is 0. The van der Waals surface area contributed by atoms with Crippen molar-refractivity contribution in [1.29, 1.82) is 0 Å². The molecule has 2 atom stereocenters. The molecule has 0 spiro atoms. The van der Waals surface area contributed by atoms with Gasteiger partial charge in [-0.15, -0.1) is 0 Å². The van der Waals surface area contributed by atoms with Crippen molar-refractivity contribution in [3.63, 3.8) is 0 Å². The molecule has 1 heterocycles. The maximum atomic E-state index is 11.5. The quantitative estimate of drug-likeness (QED) is 0.776. The molecule has 1 aromatic rings. The molecule has 0 saturated carbocycles. The zero-order valence-electron chi connectivity index (χ0n) is 12.0. The number of cyclic esters (lactones) is 1. The number of esters is 1. The first-order chi connectivity index (χ1) is 9.76. The number of hydrogen-bond acceptors (Lipinski definition) is 4. The monoisotopic (exact) mass is 277 g/mol. The summed E-state index contributed by atoms with van der Waals surface area (Å²) in [6.45, 7) is 3.51. The van der Waals surface area contributed by atoms with Crippen molar-refractivity contribution >= 4 is 11.7 Å².